The van der Waals surface area contributed by atoms with Crippen LogP contribution in [0, 0.1) is 0 Å². The van der Waals surface area contributed by atoms with Crippen LogP contribution >= 0.6 is 23.2 Å². The maximum atomic E-state index is 13.0. The van der Waals surface area contributed by atoms with Crippen molar-refractivity contribution in [1.82, 2.24) is 4.72 Å². The van der Waals surface area contributed by atoms with Crippen molar-refractivity contribution in [2.45, 2.75) is 31.1 Å². The third-order valence-electron chi connectivity index (χ3n) is 4.49. The lowest BCUT2D eigenvalue weighted by molar-refractivity contribution is -0.136. The van der Waals surface area contributed by atoms with E-state index >= 15 is 0 Å². The molecule has 0 aliphatic rings. The van der Waals surface area contributed by atoms with Crippen LogP contribution in [0.15, 0.2) is 107 Å². The Hall–Kier alpha value is -2.64. The lowest BCUT2D eigenvalue weighted by Crippen LogP contribution is -2.26. The standard InChI is InChI=1S/C26H29Cl2NO4S/c1-5-8-23(27)14-12-19(3)21-10-7-11-25(17-21)34(32,33)29-18-22(16-24(28)9-6-2)20(4)13-15-26(30)31/h6-12,14,16-17,29H,2-5,13,15,18H2,1H3,(H,30,31)/b14-12-,22-16+,23-8+,24-9+. The van der Waals surface area contributed by atoms with E-state index in [2.05, 4.69) is 24.5 Å². The average Bonchev–Trinajstić information content (AvgIpc) is 2.79. The highest BCUT2D eigenvalue weighted by molar-refractivity contribution is 7.89. The largest absolute Gasteiger partial charge is 0.481 e. The lowest BCUT2D eigenvalue weighted by atomic mass is 10.0. The maximum Gasteiger partial charge on any atom is 0.303 e. The fraction of sp³-hybridized carbons (Fsp3) is 0.192. The summed E-state index contributed by atoms with van der Waals surface area (Å²) in [5, 5.41) is 9.82. The van der Waals surface area contributed by atoms with Crippen molar-refractivity contribution in [3.05, 3.63) is 107 Å². The van der Waals surface area contributed by atoms with Crippen LogP contribution in [0.5, 0.6) is 0 Å². The number of nitrogens with one attached hydrogen (secondary N) is 1. The third-order valence-corrected chi connectivity index (χ3v) is 6.41. The Balaban J connectivity index is 3.11. The molecule has 0 unspecified atom stereocenters. The summed E-state index contributed by atoms with van der Waals surface area (Å²) in [6, 6.07) is 6.36. The quantitative estimate of drug-likeness (QED) is 0.266. The number of rotatable bonds is 14. The van der Waals surface area contributed by atoms with Gasteiger partial charge in [-0.25, -0.2) is 13.1 Å². The van der Waals surface area contributed by atoms with Crippen molar-refractivity contribution in [2.75, 3.05) is 6.54 Å². The normalized spacial score (nSPS) is 13.2. The minimum absolute atomic E-state index is 0.0537. The van der Waals surface area contributed by atoms with Gasteiger partial charge in [0.1, 0.15) is 0 Å². The first kappa shape index (κ1) is 29.4. The third kappa shape index (κ3) is 10.5. The van der Waals surface area contributed by atoms with Crippen LogP contribution in [0.4, 0.5) is 0 Å². The fourth-order valence-corrected chi connectivity index (χ4v) is 4.17. The molecule has 0 fully saturated rings. The number of allylic oxidation sites excluding steroid dienone is 9. The Morgan fingerprint density at radius 2 is 1.85 bits per heavy atom. The molecular weight excluding hydrogens is 493 g/mol. The van der Waals surface area contributed by atoms with Gasteiger partial charge in [0.2, 0.25) is 10.0 Å². The Bertz CT molecular complexity index is 1160. The molecule has 0 aliphatic heterocycles. The van der Waals surface area contributed by atoms with Gasteiger partial charge < -0.3 is 5.11 Å². The second-order valence-corrected chi connectivity index (χ2v) is 9.80. The Morgan fingerprint density at radius 1 is 1.15 bits per heavy atom. The summed E-state index contributed by atoms with van der Waals surface area (Å²) in [4.78, 5) is 11.0. The molecule has 0 saturated heterocycles. The van der Waals surface area contributed by atoms with Crippen LogP contribution in [-0.2, 0) is 14.8 Å². The number of benzene rings is 1. The molecule has 0 spiro atoms. The topological polar surface area (TPSA) is 83.5 Å². The molecular formula is C26H29Cl2NO4S. The first-order valence-corrected chi connectivity index (χ1v) is 12.7. The fourth-order valence-electron chi connectivity index (χ4n) is 2.68. The van der Waals surface area contributed by atoms with E-state index in [0.29, 0.717) is 32.3 Å². The van der Waals surface area contributed by atoms with Crippen molar-refractivity contribution in [3.8, 4) is 0 Å². The zero-order valence-electron chi connectivity index (χ0n) is 19.1. The molecule has 0 bridgehead atoms. The minimum atomic E-state index is -3.90. The first-order valence-electron chi connectivity index (χ1n) is 10.4. The minimum Gasteiger partial charge on any atom is -0.481 e. The number of carboxylic acids is 1. The van der Waals surface area contributed by atoms with Gasteiger partial charge >= 0.3 is 5.97 Å². The van der Waals surface area contributed by atoms with Crippen molar-refractivity contribution in [1.29, 1.82) is 0 Å². The van der Waals surface area contributed by atoms with E-state index in [-0.39, 0.29) is 24.3 Å². The summed E-state index contributed by atoms with van der Waals surface area (Å²) < 4.78 is 28.4. The number of sulfonamides is 1. The smallest absolute Gasteiger partial charge is 0.303 e. The highest BCUT2D eigenvalue weighted by Gasteiger charge is 2.16. The van der Waals surface area contributed by atoms with E-state index in [9.17, 15) is 13.2 Å². The van der Waals surface area contributed by atoms with Gasteiger partial charge in [0.25, 0.3) is 0 Å². The predicted octanol–water partition coefficient (Wildman–Crippen LogP) is 6.72. The van der Waals surface area contributed by atoms with Crippen molar-refractivity contribution >= 4 is 44.8 Å². The highest BCUT2D eigenvalue weighted by Crippen LogP contribution is 2.22. The van der Waals surface area contributed by atoms with Gasteiger partial charge in [-0.2, -0.15) is 0 Å². The molecule has 1 aromatic rings. The molecule has 8 heteroatoms. The SMILES string of the molecule is C=C/C=C(Cl)\C=C(/CNS(=O)(=O)c1cccc(C(=C)/C=C\C(Cl)=C/CC)c1)C(=C)CCC(=O)O. The number of carboxylic acid groups (broad SMARTS) is 1. The molecule has 0 aromatic heterocycles. The molecule has 0 heterocycles. The van der Waals surface area contributed by atoms with E-state index in [4.69, 9.17) is 28.3 Å². The number of halogens is 2. The van der Waals surface area contributed by atoms with Crippen LogP contribution in [-0.4, -0.2) is 26.0 Å². The Labute approximate surface area is 212 Å². The number of hydrogen-bond donors (Lipinski definition) is 2. The van der Waals surface area contributed by atoms with Crippen LogP contribution < -0.4 is 4.72 Å². The maximum absolute atomic E-state index is 13.0. The second-order valence-electron chi connectivity index (χ2n) is 7.16. The van der Waals surface area contributed by atoms with Crippen LogP contribution in [0.3, 0.4) is 0 Å². The lowest BCUT2D eigenvalue weighted by Gasteiger charge is -2.13. The van der Waals surface area contributed by atoms with Gasteiger partial charge in [-0.1, -0.05) is 85.8 Å². The molecule has 0 saturated carbocycles. The second kappa shape index (κ2) is 14.6. The van der Waals surface area contributed by atoms with E-state index in [1.54, 1.807) is 24.3 Å². The van der Waals surface area contributed by atoms with Crippen molar-refractivity contribution < 1.29 is 18.3 Å². The van der Waals surface area contributed by atoms with Crippen LogP contribution in [0.2, 0.25) is 0 Å². The molecule has 182 valence electrons. The monoisotopic (exact) mass is 521 g/mol. The molecule has 0 aliphatic carbocycles. The number of hydrogen-bond acceptors (Lipinski definition) is 3. The predicted molar refractivity (Wildman–Crippen MR) is 142 cm³/mol. The summed E-state index contributed by atoms with van der Waals surface area (Å²) in [6.07, 6.45) is 10.6. The molecule has 0 radical (unpaired) electrons. The average molecular weight is 522 g/mol. The van der Waals surface area contributed by atoms with Gasteiger partial charge in [-0.15, -0.1) is 0 Å². The zero-order chi connectivity index (χ0) is 25.7. The number of aliphatic carboxylic acids is 1. The van der Waals surface area contributed by atoms with Gasteiger partial charge in [0.05, 0.1) is 4.90 Å². The number of carbonyl (C=O) groups is 1. The summed E-state index contributed by atoms with van der Waals surface area (Å²) >= 11 is 12.2. The van der Waals surface area contributed by atoms with E-state index < -0.39 is 16.0 Å². The van der Waals surface area contributed by atoms with Crippen molar-refractivity contribution in [2.24, 2.45) is 0 Å². The van der Waals surface area contributed by atoms with Gasteiger partial charge in [0.15, 0.2) is 0 Å². The summed E-state index contributed by atoms with van der Waals surface area (Å²) in [6.45, 7) is 13.3. The van der Waals surface area contributed by atoms with Gasteiger partial charge in [0, 0.05) is 23.0 Å². The Kier molecular flexibility index (Phi) is 12.6. The summed E-state index contributed by atoms with van der Waals surface area (Å²) in [7, 11) is -3.90. The molecule has 1 rings (SSSR count). The van der Waals surface area contributed by atoms with Crippen LogP contribution in [0.25, 0.3) is 5.57 Å². The van der Waals surface area contributed by atoms with Gasteiger partial charge in [-0.05, 0) is 59.9 Å². The molecule has 5 nitrogen and oxygen atoms in total. The zero-order valence-corrected chi connectivity index (χ0v) is 21.4. The highest BCUT2D eigenvalue weighted by atomic mass is 35.5. The van der Waals surface area contributed by atoms with Crippen molar-refractivity contribution in [3.63, 3.8) is 0 Å². The van der Waals surface area contributed by atoms with Gasteiger partial charge in [-0.3, -0.25) is 4.79 Å². The summed E-state index contributed by atoms with van der Waals surface area (Å²) in [5.74, 6) is -0.980. The molecule has 0 amide bonds. The molecule has 1 aromatic carbocycles. The Morgan fingerprint density at radius 3 is 2.47 bits per heavy atom. The van der Waals surface area contributed by atoms with E-state index in [1.165, 1.54) is 30.4 Å². The molecule has 2 N–H and O–H groups in total. The van der Waals surface area contributed by atoms with E-state index in [1.807, 2.05) is 13.0 Å². The summed E-state index contributed by atoms with van der Waals surface area (Å²) in [5.41, 5.74) is 2.15. The first-order chi connectivity index (χ1) is 16.0. The molecule has 0 atom stereocenters. The van der Waals surface area contributed by atoms with E-state index in [0.717, 1.165) is 6.42 Å². The van der Waals surface area contributed by atoms with Crippen LogP contribution in [0.1, 0.15) is 31.7 Å². The molecule has 34 heavy (non-hydrogen) atoms.